The van der Waals surface area contributed by atoms with Crippen molar-refractivity contribution in [1.29, 1.82) is 0 Å². The molecule has 4 heterocycles. The number of benzene rings is 1. The van der Waals surface area contributed by atoms with Gasteiger partial charge in [0.05, 0.1) is 5.25 Å². The topological polar surface area (TPSA) is 86.8 Å². The maximum absolute atomic E-state index is 12.9. The molecule has 0 saturated carbocycles. The van der Waals surface area contributed by atoms with Gasteiger partial charge in [-0.15, -0.1) is 16.9 Å². The first-order chi connectivity index (χ1) is 13.6. The van der Waals surface area contributed by atoms with E-state index >= 15 is 0 Å². The van der Waals surface area contributed by atoms with Crippen LogP contribution in [0.2, 0.25) is 0 Å². The van der Waals surface area contributed by atoms with Gasteiger partial charge in [0.1, 0.15) is 5.37 Å². The molecule has 10 heteroatoms. The zero-order valence-corrected chi connectivity index (χ0v) is 16.6. The number of ether oxygens (including phenoxy) is 2. The van der Waals surface area contributed by atoms with Gasteiger partial charge >= 0.3 is 0 Å². The Kier molecular flexibility index (Phi) is 4.31. The van der Waals surface area contributed by atoms with Gasteiger partial charge in [-0.05, 0) is 31.7 Å². The third kappa shape index (κ3) is 2.96. The molecule has 1 aromatic heterocycles. The lowest BCUT2D eigenvalue weighted by Gasteiger charge is -2.31. The van der Waals surface area contributed by atoms with Crippen molar-refractivity contribution in [2.24, 2.45) is 0 Å². The molecule has 2 atom stereocenters. The summed E-state index contributed by atoms with van der Waals surface area (Å²) < 4.78 is 10.9. The van der Waals surface area contributed by atoms with Gasteiger partial charge in [-0.2, -0.15) is 4.98 Å². The Morgan fingerprint density at radius 3 is 2.79 bits per heavy atom. The Labute approximate surface area is 167 Å². The number of amides is 1. The van der Waals surface area contributed by atoms with E-state index in [-0.39, 0.29) is 23.3 Å². The molecule has 148 valence electrons. The number of nitrogens with one attached hydrogen (secondary N) is 1. The van der Waals surface area contributed by atoms with E-state index < -0.39 is 0 Å². The molecule has 2 saturated heterocycles. The van der Waals surface area contributed by atoms with Crippen LogP contribution >= 0.6 is 11.8 Å². The molecule has 0 aliphatic carbocycles. The monoisotopic (exact) mass is 402 g/mol. The quantitative estimate of drug-likeness (QED) is 0.826. The molecule has 2 aromatic rings. The maximum atomic E-state index is 12.9. The minimum atomic E-state index is -0.190. The predicted octanol–water partition coefficient (Wildman–Crippen LogP) is 1.45. The van der Waals surface area contributed by atoms with Crippen LogP contribution < -0.4 is 19.3 Å². The Balaban J connectivity index is 1.43. The van der Waals surface area contributed by atoms with Crippen LogP contribution in [-0.2, 0) is 4.79 Å². The van der Waals surface area contributed by atoms with Crippen molar-refractivity contribution in [2.45, 2.75) is 17.5 Å². The van der Waals surface area contributed by atoms with E-state index in [9.17, 15) is 4.79 Å². The molecular weight excluding hydrogens is 380 g/mol. The Morgan fingerprint density at radius 1 is 1.18 bits per heavy atom. The van der Waals surface area contributed by atoms with Crippen LogP contribution in [0.25, 0.3) is 0 Å². The summed E-state index contributed by atoms with van der Waals surface area (Å²) in [6, 6.07) is 5.80. The van der Waals surface area contributed by atoms with Crippen LogP contribution in [0.4, 0.5) is 11.9 Å². The summed E-state index contributed by atoms with van der Waals surface area (Å²) in [6.45, 7) is 5.84. The van der Waals surface area contributed by atoms with Gasteiger partial charge < -0.3 is 19.3 Å². The number of hydrogen-bond acceptors (Lipinski definition) is 8. The van der Waals surface area contributed by atoms with E-state index in [4.69, 9.17) is 9.47 Å². The molecule has 0 radical (unpaired) electrons. The molecule has 3 aliphatic rings. The second kappa shape index (κ2) is 6.85. The summed E-state index contributed by atoms with van der Waals surface area (Å²) in [5.41, 5.74) is 0.976. The molecule has 1 aromatic carbocycles. The van der Waals surface area contributed by atoms with Crippen LogP contribution in [0.15, 0.2) is 18.2 Å². The molecule has 2 fully saturated rings. The van der Waals surface area contributed by atoms with Gasteiger partial charge in [0.2, 0.25) is 24.6 Å². The number of piperazine rings is 1. The van der Waals surface area contributed by atoms with Gasteiger partial charge in [0, 0.05) is 26.2 Å². The predicted molar refractivity (Wildman–Crippen MR) is 106 cm³/mol. The molecular formula is C18H22N6O3S. The molecule has 0 spiro atoms. The summed E-state index contributed by atoms with van der Waals surface area (Å²) >= 11 is 1.59. The number of anilines is 2. The average Bonchev–Trinajstić information content (AvgIpc) is 3.41. The second-order valence-electron chi connectivity index (χ2n) is 7.20. The highest BCUT2D eigenvalue weighted by Gasteiger charge is 2.42. The van der Waals surface area contributed by atoms with Crippen LogP contribution in [-0.4, -0.2) is 71.3 Å². The standard InChI is InChI=1S/C18H22N6O3S/c1-11-15(25)24(16(28-11)12-3-4-13-14(9-12)27-10-26-13)18-19-17(20-21-18)23-7-5-22(2)6-8-23/h3-4,9,11,16H,5-8,10H2,1-2H3,(H,19,20,21)/t11-,16+/m0/s1. The van der Waals surface area contributed by atoms with Gasteiger partial charge in [0.25, 0.3) is 0 Å². The summed E-state index contributed by atoms with van der Waals surface area (Å²) in [4.78, 5) is 23.7. The van der Waals surface area contributed by atoms with Crippen LogP contribution in [0, 0.1) is 0 Å². The van der Waals surface area contributed by atoms with Crippen molar-refractivity contribution in [2.75, 3.05) is 49.8 Å². The van der Waals surface area contributed by atoms with Gasteiger partial charge in [-0.1, -0.05) is 6.07 Å². The number of carbonyl (C=O) groups excluding carboxylic acids is 1. The number of nitrogens with zero attached hydrogens (tertiary/aromatic N) is 5. The molecule has 5 rings (SSSR count). The Morgan fingerprint density at radius 2 is 1.96 bits per heavy atom. The van der Waals surface area contributed by atoms with E-state index in [1.54, 1.807) is 16.7 Å². The van der Waals surface area contributed by atoms with Crippen molar-refractivity contribution in [3.05, 3.63) is 23.8 Å². The number of rotatable bonds is 3. The zero-order valence-electron chi connectivity index (χ0n) is 15.8. The van der Waals surface area contributed by atoms with Gasteiger partial charge in [0.15, 0.2) is 11.5 Å². The van der Waals surface area contributed by atoms with E-state index in [2.05, 4.69) is 32.0 Å². The molecule has 1 N–H and O–H groups in total. The number of hydrogen-bond donors (Lipinski definition) is 1. The third-order valence-corrected chi connectivity index (χ3v) is 6.66. The number of likely N-dealkylation sites (N-methyl/N-ethyl adjacent to an activating group) is 1. The number of carbonyl (C=O) groups is 1. The Bertz CT molecular complexity index is 897. The molecule has 3 aliphatic heterocycles. The van der Waals surface area contributed by atoms with Crippen molar-refractivity contribution < 1.29 is 14.3 Å². The minimum Gasteiger partial charge on any atom is -0.454 e. The maximum Gasteiger partial charge on any atom is 0.246 e. The van der Waals surface area contributed by atoms with Crippen LogP contribution in [0.5, 0.6) is 11.5 Å². The van der Waals surface area contributed by atoms with Gasteiger partial charge in [-0.3, -0.25) is 9.69 Å². The van der Waals surface area contributed by atoms with Crippen LogP contribution in [0.1, 0.15) is 17.9 Å². The summed E-state index contributed by atoms with van der Waals surface area (Å²) in [6.07, 6.45) is 0. The second-order valence-corrected chi connectivity index (χ2v) is 8.63. The first-order valence-corrected chi connectivity index (χ1v) is 10.3. The smallest absolute Gasteiger partial charge is 0.246 e. The van der Waals surface area contributed by atoms with E-state index in [1.165, 1.54) is 0 Å². The van der Waals surface area contributed by atoms with E-state index in [0.29, 0.717) is 17.6 Å². The van der Waals surface area contributed by atoms with Gasteiger partial charge in [-0.25, -0.2) is 5.10 Å². The Hall–Kier alpha value is -2.46. The molecule has 1 amide bonds. The molecule has 9 nitrogen and oxygen atoms in total. The lowest BCUT2D eigenvalue weighted by atomic mass is 10.2. The normalized spacial score (nSPS) is 25.0. The van der Waals surface area contributed by atoms with Crippen molar-refractivity contribution in [3.63, 3.8) is 0 Å². The number of H-pyrrole nitrogens is 1. The average molecular weight is 402 g/mol. The third-order valence-electron chi connectivity index (χ3n) is 5.31. The first kappa shape index (κ1) is 17.6. The van der Waals surface area contributed by atoms with Crippen molar-refractivity contribution in [3.8, 4) is 11.5 Å². The largest absolute Gasteiger partial charge is 0.454 e. The number of fused-ring (bicyclic) bond motifs is 1. The lowest BCUT2D eigenvalue weighted by molar-refractivity contribution is -0.117. The number of aromatic nitrogens is 3. The minimum absolute atomic E-state index is 0.0220. The highest BCUT2D eigenvalue weighted by atomic mass is 32.2. The lowest BCUT2D eigenvalue weighted by Crippen LogP contribution is -2.45. The number of thioether (sulfide) groups is 1. The first-order valence-electron chi connectivity index (χ1n) is 9.34. The fourth-order valence-corrected chi connectivity index (χ4v) is 4.88. The highest BCUT2D eigenvalue weighted by Crippen LogP contribution is 2.46. The zero-order chi connectivity index (χ0) is 19.3. The summed E-state index contributed by atoms with van der Waals surface area (Å²) in [7, 11) is 2.11. The number of aromatic amines is 1. The fraction of sp³-hybridized carbons (Fsp3) is 0.500. The van der Waals surface area contributed by atoms with E-state index in [1.807, 2.05) is 25.1 Å². The summed E-state index contributed by atoms with van der Waals surface area (Å²) in [5, 5.41) is 7.01. The molecule has 0 bridgehead atoms. The SMILES string of the molecule is C[C@@H]1S[C@H](c2ccc3c(c2)OCO3)N(c2nc(N3CCN(C)CC3)n[nH]2)C1=O. The van der Waals surface area contributed by atoms with E-state index in [0.717, 1.165) is 37.5 Å². The molecule has 28 heavy (non-hydrogen) atoms. The van der Waals surface area contributed by atoms with Crippen molar-refractivity contribution in [1.82, 2.24) is 20.1 Å². The van der Waals surface area contributed by atoms with Crippen LogP contribution in [0.3, 0.4) is 0 Å². The fourth-order valence-electron chi connectivity index (χ4n) is 3.63. The van der Waals surface area contributed by atoms with Crippen molar-refractivity contribution >= 4 is 29.6 Å². The summed E-state index contributed by atoms with van der Waals surface area (Å²) in [5.74, 6) is 2.59. The highest BCUT2D eigenvalue weighted by molar-refractivity contribution is 8.01. The molecule has 0 unspecified atom stereocenters.